The van der Waals surface area contributed by atoms with Crippen molar-refractivity contribution in [1.29, 1.82) is 0 Å². The fourth-order valence-electron chi connectivity index (χ4n) is 4.30. The van der Waals surface area contributed by atoms with Gasteiger partial charge in [0.25, 0.3) is 5.91 Å². The Morgan fingerprint density at radius 1 is 0.912 bits per heavy atom. The number of rotatable bonds is 5. The number of Topliss-reactive ketones (excluding diaryl/α,β-unsaturated/α-hetero) is 1. The Kier molecular flexibility index (Phi) is 5.59. The van der Waals surface area contributed by atoms with Crippen LogP contribution in [0.2, 0.25) is 0 Å². The number of nitrogens with zero attached hydrogens (tertiary/aromatic N) is 2. The third-order valence-corrected chi connectivity index (χ3v) is 7.17. The third kappa shape index (κ3) is 3.62. The number of aryl methyl sites for hydroxylation is 2. The molecule has 1 unspecified atom stereocenters. The van der Waals surface area contributed by atoms with Gasteiger partial charge in [0.2, 0.25) is 5.78 Å². The number of benzene rings is 3. The summed E-state index contributed by atoms with van der Waals surface area (Å²) >= 11 is 1.27. The minimum Gasteiger partial charge on any atom is -0.503 e. The van der Waals surface area contributed by atoms with E-state index in [2.05, 4.69) is 4.98 Å². The lowest BCUT2D eigenvalue weighted by Gasteiger charge is -2.28. The van der Waals surface area contributed by atoms with Gasteiger partial charge in [-0.05, 0) is 31.0 Å². The highest BCUT2D eigenvalue weighted by molar-refractivity contribution is 7.17. The van der Waals surface area contributed by atoms with Gasteiger partial charge in [0.05, 0.1) is 22.2 Å². The number of hydrogen-bond donors (Lipinski definition) is 1. The second kappa shape index (κ2) is 8.72. The molecule has 1 N–H and O–H groups in total. The zero-order valence-electron chi connectivity index (χ0n) is 18.7. The van der Waals surface area contributed by atoms with Gasteiger partial charge in [-0.2, -0.15) is 0 Å². The minimum atomic E-state index is -0.746. The topological polar surface area (TPSA) is 70.5 Å². The van der Waals surface area contributed by atoms with Gasteiger partial charge in [-0.1, -0.05) is 78.9 Å². The Morgan fingerprint density at radius 2 is 1.53 bits per heavy atom. The number of hydrogen-bond acceptors (Lipinski definition) is 5. The molecule has 5 rings (SSSR count). The average molecular weight is 467 g/mol. The molecule has 1 aromatic heterocycles. The second-order valence-corrected chi connectivity index (χ2v) is 9.16. The summed E-state index contributed by atoms with van der Waals surface area (Å²) in [5, 5.41) is 11.7. The van der Waals surface area contributed by atoms with E-state index in [0.717, 1.165) is 21.7 Å². The normalized spacial score (nSPS) is 15.8. The second-order valence-electron chi connectivity index (χ2n) is 8.17. The predicted molar refractivity (Wildman–Crippen MR) is 134 cm³/mol. The number of amides is 1. The zero-order chi connectivity index (χ0) is 23.8. The van der Waals surface area contributed by atoms with Crippen LogP contribution >= 0.6 is 11.3 Å². The number of para-hydroxylation sites is 1. The Hall–Kier alpha value is -4.03. The highest BCUT2D eigenvalue weighted by Gasteiger charge is 2.45. The molecule has 1 atom stereocenters. The summed E-state index contributed by atoms with van der Waals surface area (Å²) in [6.07, 6.45) is 0. The van der Waals surface area contributed by atoms with Crippen molar-refractivity contribution in [3.05, 3.63) is 118 Å². The van der Waals surface area contributed by atoms with E-state index in [4.69, 9.17) is 0 Å². The van der Waals surface area contributed by atoms with Gasteiger partial charge in [-0.25, -0.2) is 4.98 Å². The Bertz CT molecular complexity index is 1420. The molecule has 0 aliphatic carbocycles. The lowest BCUT2D eigenvalue weighted by Crippen LogP contribution is -2.31. The van der Waals surface area contributed by atoms with Crippen molar-refractivity contribution in [2.75, 3.05) is 4.90 Å². The van der Waals surface area contributed by atoms with E-state index in [1.807, 2.05) is 91.9 Å². The van der Waals surface area contributed by atoms with Crippen LogP contribution in [0.15, 0.2) is 96.3 Å². The lowest BCUT2D eigenvalue weighted by molar-refractivity contribution is -0.117. The summed E-state index contributed by atoms with van der Waals surface area (Å²) in [4.78, 5) is 33.8. The Balaban J connectivity index is 1.64. The smallest absolute Gasteiger partial charge is 0.294 e. The fourth-order valence-corrected chi connectivity index (χ4v) is 5.33. The van der Waals surface area contributed by atoms with Crippen molar-refractivity contribution < 1.29 is 14.7 Å². The van der Waals surface area contributed by atoms with E-state index >= 15 is 0 Å². The van der Waals surface area contributed by atoms with Crippen LogP contribution in [0.5, 0.6) is 0 Å². The molecule has 0 bridgehead atoms. The number of aliphatic hydroxyl groups is 1. The maximum absolute atomic E-state index is 13.9. The van der Waals surface area contributed by atoms with Gasteiger partial charge < -0.3 is 5.11 Å². The summed E-state index contributed by atoms with van der Waals surface area (Å²) in [5.74, 6) is -1.49. The highest BCUT2D eigenvalue weighted by Crippen LogP contribution is 2.44. The summed E-state index contributed by atoms with van der Waals surface area (Å²) in [6, 6.07) is 25.7. The summed E-state index contributed by atoms with van der Waals surface area (Å²) in [5.41, 5.74) is 3.84. The van der Waals surface area contributed by atoms with Crippen molar-refractivity contribution in [3.63, 3.8) is 0 Å². The molecule has 0 saturated carbocycles. The van der Waals surface area contributed by atoms with Crippen molar-refractivity contribution in [2.24, 2.45) is 0 Å². The van der Waals surface area contributed by atoms with E-state index in [-0.39, 0.29) is 11.4 Å². The van der Waals surface area contributed by atoms with Crippen LogP contribution in [0.3, 0.4) is 0 Å². The third-order valence-electron chi connectivity index (χ3n) is 5.97. The van der Waals surface area contributed by atoms with Crippen LogP contribution in [-0.2, 0) is 4.79 Å². The molecule has 2 heterocycles. The van der Waals surface area contributed by atoms with Crippen LogP contribution in [0, 0.1) is 13.8 Å². The van der Waals surface area contributed by atoms with Crippen LogP contribution in [0.25, 0.3) is 10.6 Å². The van der Waals surface area contributed by atoms with Crippen LogP contribution in [0.4, 0.5) is 5.69 Å². The van der Waals surface area contributed by atoms with Crippen LogP contribution < -0.4 is 4.90 Å². The first kappa shape index (κ1) is 21.8. The number of ketones is 1. The number of carbonyl (C=O) groups excluding carboxylic acids is 2. The molecule has 0 fully saturated rings. The first-order valence-corrected chi connectivity index (χ1v) is 11.7. The summed E-state index contributed by atoms with van der Waals surface area (Å²) < 4.78 is 0. The largest absolute Gasteiger partial charge is 0.503 e. The highest BCUT2D eigenvalue weighted by atomic mass is 32.1. The Labute approximate surface area is 201 Å². The molecule has 3 aromatic carbocycles. The van der Waals surface area contributed by atoms with Gasteiger partial charge >= 0.3 is 0 Å². The molecule has 4 aromatic rings. The van der Waals surface area contributed by atoms with E-state index in [1.54, 1.807) is 6.92 Å². The molecular formula is C28H22N2O3S. The molecule has 6 heteroatoms. The van der Waals surface area contributed by atoms with Gasteiger partial charge in [-0.3, -0.25) is 14.5 Å². The number of thiazole rings is 1. The molecule has 1 aliphatic rings. The molecule has 1 amide bonds. The summed E-state index contributed by atoms with van der Waals surface area (Å²) in [6.45, 7) is 3.68. The molecule has 168 valence electrons. The number of aliphatic hydroxyl groups excluding tert-OH is 1. The minimum absolute atomic E-state index is 0.0748. The van der Waals surface area contributed by atoms with Crippen molar-refractivity contribution in [1.82, 2.24) is 4.98 Å². The molecular weight excluding hydrogens is 444 g/mol. The zero-order valence-corrected chi connectivity index (χ0v) is 19.5. The standard InChI is InChI=1S/C28H22N2O3S/c1-17-11-9-10-16-21(17)30-23(19-12-5-3-6-13-19)22(25(32)28(30)33)24(31)26-18(2)29-27(34-26)20-14-7-4-8-15-20/h3-16,23,32H,1-2H3. The van der Waals surface area contributed by atoms with Gasteiger partial charge in [0, 0.05) is 11.3 Å². The fraction of sp³-hybridized carbons (Fsp3) is 0.107. The maximum Gasteiger partial charge on any atom is 0.294 e. The molecule has 0 radical (unpaired) electrons. The van der Waals surface area contributed by atoms with Gasteiger partial charge in [-0.15, -0.1) is 11.3 Å². The van der Waals surface area contributed by atoms with Crippen molar-refractivity contribution >= 4 is 28.7 Å². The van der Waals surface area contributed by atoms with Gasteiger partial charge in [0.15, 0.2) is 5.76 Å². The van der Waals surface area contributed by atoms with E-state index < -0.39 is 17.7 Å². The van der Waals surface area contributed by atoms with E-state index in [1.165, 1.54) is 16.2 Å². The quantitative estimate of drug-likeness (QED) is 0.355. The first-order valence-electron chi connectivity index (χ1n) is 10.9. The number of anilines is 1. The van der Waals surface area contributed by atoms with Crippen molar-refractivity contribution in [3.8, 4) is 10.6 Å². The number of aromatic nitrogens is 1. The molecule has 5 nitrogen and oxygen atoms in total. The number of carbonyl (C=O) groups is 2. The maximum atomic E-state index is 13.9. The van der Waals surface area contributed by atoms with E-state index in [0.29, 0.717) is 16.3 Å². The molecule has 0 saturated heterocycles. The van der Waals surface area contributed by atoms with Gasteiger partial charge in [0.1, 0.15) is 5.01 Å². The molecule has 34 heavy (non-hydrogen) atoms. The van der Waals surface area contributed by atoms with Crippen molar-refractivity contribution in [2.45, 2.75) is 19.9 Å². The van der Waals surface area contributed by atoms with E-state index in [9.17, 15) is 14.7 Å². The molecule has 1 aliphatic heterocycles. The SMILES string of the molecule is Cc1ccccc1N1C(=O)C(O)=C(C(=O)c2sc(-c3ccccc3)nc2C)C1c1ccccc1. The molecule has 0 spiro atoms. The first-order chi connectivity index (χ1) is 16.5. The Morgan fingerprint density at radius 3 is 2.21 bits per heavy atom. The van der Waals surface area contributed by atoms with Crippen LogP contribution in [0.1, 0.15) is 32.5 Å². The average Bonchev–Trinajstić information content (AvgIpc) is 3.38. The monoisotopic (exact) mass is 466 g/mol. The summed E-state index contributed by atoms with van der Waals surface area (Å²) in [7, 11) is 0. The lowest BCUT2D eigenvalue weighted by atomic mass is 9.94. The predicted octanol–water partition coefficient (Wildman–Crippen LogP) is 6.21. The van der Waals surface area contributed by atoms with Crippen LogP contribution in [-0.4, -0.2) is 21.8 Å².